The predicted octanol–water partition coefficient (Wildman–Crippen LogP) is 3.87. The lowest BCUT2D eigenvalue weighted by Gasteiger charge is -2.21. The number of esters is 1. The Balaban J connectivity index is 0. The van der Waals surface area contributed by atoms with Gasteiger partial charge in [0.15, 0.2) is 0 Å². The van der Waals surface area contributed by atoms with Gasteiger partial charge in [-0.2, -0.15) is 0 Å². The third-order valence-corrected chi connectivity index (χ3v) is 2.77. The average Bonchev–Trinajstić information content (AvgIpc) is 2.38. The highest BCUT2D eigenvalue weighted by molar-refractivity contribution is 5.65. The monoisotopic (exact) mass is 259 g/mol. The van der Waals surface area contributed by atoms with E-state index < -0.39 is 0 Å². The number of carbonyl (C=O) groups is 1. The molecule has 0 bridgehead atoms. The van der Waals surface area contributed by atoms with Crippen molar-refractivity contribution in [2.75, 3.05) is 26.7 Å². The van der Waals surface area contributed by atoms with Crippen molar-refractivity contribution in [1.82, 2.24) is 4.90 Å². The molecule has 0 aliphatic heterocycles. The normalized spacial score (nSPS) is 9.89. The topological polar surface area (TPSA) is 29.5 Å². The maximum Gasteiger partial charge on any atom is 0.302 e. The Morgan fingerprint density at radius 2 is 1.17 bits per heavy atom. The molecule has 18 heavy (non-hydrogen) atoms. The Labute approximate surface area is 114 Å². The highest BCUT2D eigenvalue weighted by Gasteiger charge is 2.01. The summed E-state index contributed by atoms with van der Waals surface area (Å²) in [5, 5.41) is 0. The number of carbonyl (C=O) groups excluding carboxylic acids is 1. The summed E-state index contributed by atoms with van der Waals surface area (Å²) in [5.74, 6) is -0.245. The summed E-state index contributed by atoms with van der Waals surface area (Å²) in [6.07, 6.45) is 8.09. The minimum absolute atomic E-state index is 0.245. The maximum atomic E-state index is 9.59. The molecule has 0 aliphatic carbocycles. The fourth-order valence-electron chi connectivity index (χ4n) is 1.48. The zero-order chi connectivity index (χ0) is 14.2. The first-order valence-corrected chi connectivity index (χ1v) is 7.39. The van der Waals surface area contributed by atoms with Crippen LogP contribution in [0.1, 0.15) is 66.2 Å². The van der Waals surface area contributed by atoms with Gasteiger partial charge in [0.2, 0.25) is 0 Å². The number of methoxy groups -OCH3 is 1. The molecule has 0 spiro atoms. The van der Waals surface area contributed by atoms with E-state index in [-0.39, 0.29) is 5.97 Å². The third kappa shape index (κ3) is 17.8. The Kier molecular flexibility index (Phi) is 18.0. The van der Waals surface area contributed by atoms with Crippen molar-refractivity contribution in [3.63, 3.8) is 0 Å². The molecular formula is C15H33NO2. The molecule has 0 rings (SSSR count). The first kappa shape index (κ1) is 19.8. The lowest BCUT2D eigenvalue weighted by atomic mass is 10.2. The van der Waals surface area contributed by atoms with Crippen LogP contribution in [-0.4, -0.2) is 37.6 Å². The van der Waals surface area contributed by atoms with Gasteiger partial charge in [0.25, 0.3) is 0 Å². The van der Waals surface area contributed by atoms with Crippen LogP contribution >= 0.6 is 0 Å². The first-order valence-electron chi connectivity index (χ1n) is 7.39. The molecule has 0 radical (unpaired) electrons. The second-order valence-corrected chi connectivity index (χ2v) is 4.60. The van der Waals surface area contributed by atoms with Crippen molar-refractivity contribution in [3.05, 3.63) is 0 Å². The van der Waals surface area contributed by atoms with Crippen molar-refractivity contribution in [2.45, 2.75) is 66.2 Å². The fraction of sp³-hybridized carbons (Fsp3) is 0.933. The van der Waals surface area contributed by atoms with E-state index in [9.17, 15) is 4.79 Å². The van der Waals surface area contributed by atoms with E-state index in [0.717, 1.165) is 0 Å². The minimum Gasteiger partial charge on any atom is -0.469 e. The molecule has 0 saturated heterocycles. The summed E-state index contributed by atoms with van der Waals surface area (Å²) >= 11 is 0. The van der Waals surface area contributed by atoms with Crippen molar-refractivity contribution in [2.24, 2.45) is 0 Å². The number of unbranched alkanes of at least 4 members (excludes halogenated alkanes) is 3. The Bertz CT molecular complexity index is 153. The van der Waals surface area contributed by atoms with Gasteiger partial charge in [-0.05, 0) is 38.9 Å². The number of rotatable bonds is 9. The van der Waals surface area contributed by atoms with Crippen LogP contribution in [0.3, 0.4) is 0 Å². The van der Waals surface area contributed by atoms with Gasteiger partial charge in [0.05, 0.1) is 7.11 Å². The van der Waals surface area contributed by atoms with Crippen LogP contribution in [0.15, 0.2) is 0 Å². The van der Waals surface area contributed by atoms with Gasteiger partial charge in [-0.3, -0.25) is 4.79 Å². The molecule has 0 aromatic heterocycles. The van der Waals surface area contributed by atoms with Gasteiger partial charge < -0.3 is 9.64 Å². The molecular weight excluding hydrogens is 226 g/mol. The summed E-state index contributed by atoms with van der Waals surface area (Å²) in [4.78, 5) is 12.2. The van der Waals surface area contributed by atoms with Gasteiger partial charge in [0, 0.05) is 6.92 Å². The molecule has 0 amide bonds. The molecule has 0 aromatic rings. The van der Waals surface area contributed by atoms with Crippen LogP contribution in [0.2, 0.25) is 0 Å². The Morgan fingerprint density at radius 1 is 0.889 bits per heavy atom. The quantitative estimate of drug-likeness (QED) is 0.589. The van der Waals surface area contributed by atoms with E-state index in [1.165, 1.54) is 72.2 Å². The number of nitrogens with zero attached hydrogens (tertiary/aromatic N) is 1. The molecule has 0 saturated carbocycles. The van der Waals surface area contributed by atoms with E-state index >= 15 is 0 Å². The minimum atomic E-state index is -0.245. The smallest absolute Gasteiger partial charge is 0.302 e. The lowest BCUT2D eigenvalue weighted by Crippen LogP contribution is -2.27. The molecule has 0 unspecified atom stereocenters. The van der Waals surface area contributed by atoms with Crippen molar-refractivity contribution >= 4 is 5.97 Å². The molecule has 0 heterocycles. The predicted molar refractivity (Wildman–Crippen MR) is 78.9 cm³/mol. The standard InChI is InChI=1S/C12H27N.C3H6O2/c1-4-7-10-13(11-8-5-2)12-9-6-3;1-3(4)5-2/h4-12H2,1-3H3;1-2H3. The molecule has 3 heteroatoms. The molecule has 0 aliphatic rings. The largest absolute Gasteiger partial charge is 0.469 e. The third-order valence-electron chi connectivity index (χ3n) is 2.77. The maximum absolute atomic E-state index is 9.59. The molecule has 0 fully saturated rings. The van der Waals surface area contributed by atoms with Gasteiger partial charge in [-0.25, -0.2) is 0 Å². The van der Waals surface area contributed by atoms with Crippen LogP contribution in [0.4, 0.5) is 0 Å². The van der Waals surface area contributed by atoms with Crippen LogP contribution in [0.5, 0.6) is 0 Å². The number of ether oxygens (including phenoxy) is 1. The SMILES string of the molecule is CCCCN(CCCC)CCCC.COC(C)=O. The summed E-state index contributed by atoms with van der Waals surface area (Å²) < 4.78 is 4.11. The van der Waals surface area contributed by atoms with E-state index in [1.807, 2.05) is 0 Å². The molecule has 3 nitrogen and oxygen atoms in total. The van der Waals surface area contributed by atoms with Crippen LogP contribution in [0.25, 0.3) is 0 Å². The van der Waals surface area contributed by atoms with Crippen molar-refractivity contribution in [1.29, 1.82) is 0 Å². The van der Waals surface area contributed by atoms with Gasteiger partial charge in [-0.15, -0.1) is 0 Å². The van der Waals surface area contributed by atoms with E-state index in [1.54, 1.807) is 0 Å². The molecule has 0 aromatic carbocycles. The average molecular weight is 259 g/mol. The van der Waals surface area contributed by atoms with Crippen LogP contribution in [0, 0.1) is 0 Å². The lowest BCUT2D eigenvalue weighted by molar-refractivity contribution is -0.137. The Hall–Kier alpha value is -0.570. The van der Waals surface area contributed by atoms with E-state index in [4.69, 9.17) is 0 Å². The summed E-state index contributed by atoms with van der Waals surface area (Å²) in [7, 11) is 1.35. The highest BCUT2D eigenvalue weighted by atomic mass is 16.5. The summed E-state index contributed by atoms with van der Waals surface area (Å²) in [6.45, 7) is 12.1. The van der Waals surface area contributed by atoms with Gasteiger partial charge in [-0.1, -0.05) is 40.0 Å². The Morgan fingerprint density at radius 3 is 1.33 bits per heavy atom. The van der Waals surface area contributed by atoms with Gasteiger partial charge >= 0.3 is 5.97 Å². The summed E-state index contributed by atoms with van der Waals surface area (Å²) in [5.41, 5.74) is 0. The molecule has 0 atom stereocenters. The van der Waals surface area contributed by atoms with Gasteiger partial charge in [0.1, 0.15) is 0 Å². The van der Waals surface area contributed by atoms with Crippen molar-refractivity contribution < 1.29 is 9.53 Å². The fourth-order valence-corrected chi connectivity index (χ4v) is 1.48. The number of hydrogen-bond donors (Lipinski definition) is 0. The van der Waals surface area contributed by atoms with Crippen LogP contribution < -0.4 is 0 Å². The summed E-state index contributed by atoms with van der Waals surface area (Å²) in [6, 6.07) is 0. The second-order valence-electron chi connectivity index (χ2n) is 4.60. The van der Waals surface area contributed by atoms with E-state index in [0.29, 0.717) is 0 Å². The first-order chi connectivity index (χ1) is 8.62. The van der Waals surface area contributed by atoms with Crippen molar-refractivity contribution in [3.8, 4) is 0 Å². The second kappa shape index (κ2) is 16.4. The van der Waals surface area contributed by atoms with E-state index in [2.05, 4.69) is 30.4 Å². The number of hydrogen-bond acceptors (Lipinski definition) is 3. The zero-order valence-electron chi connectivity index (χ0n) is 13.1. The zero-order valence-corrected chi connectivity index (χ0v) is 13.1. The molecule has 110 valence electrons. The highest BCUT2D eigenvalue weighted by Crippen LogP contribution is 2.01. The molecule has 0 N–H and O–H groups in total. The van der Waals surface area contributed by atoms with Crippen LogP contribution in [-0.2, 0) is 9.53 Å².